The van der Waals surface area contributed by atoms with Gasteiger partial charge in [0.1, 0.15) is 11.4 Å². The SMILES string of the molecule is Cc1ccc(S(=O)(=O)CC(=O)N2CCCN2C(=O)c2cc(C(C)(C)C)nn2C)cc1. The van der Waals surface area contributed by atoms with Crippen molar-refractivity contribution in [1.82, 2.24) is 19.8 Å². The highest BCUT2D eigenvalue weighted by molar-refractivity contribution is 7.92. The first-order valence-electron chi connectivity index (χ1n) is 9.86. The molecular formula is C21H28N4O4S. The van der Waals surface area contributed by atoms with Crippen LogP contribution in [0.25, 0.3) is 0 Å². The van der Waals surface area contributed by atoms with E-state index in [-0.39, 0.29) is 16.2 Å². The summed E-state index contributed by atoms with van der Waals surface area (Å²) in [6.45, 7) is 8.53. The maximum atomic E-state index is 13.1. The molecule has 1 aromatic carbocycles. The predicted octanol–water partition coefficient (Wildman–Crippen LogP) is 2.09. The minimum atomic E-state index is -3.80. The average molecular weight is 433 g/mol. The van der Waals surface area contributed by atoms with Crippen LogP contribution in [-0.4, -0.2) is 58.9 Å². The molecule has 0 aliphatic carbocycles. The largest absolute Gasteiger partial charge is 0.290 e. The first-order valence-corrected chi connectivity index (χ1v) is 11.5. The van der Waals surface area contributed by atoms with E-state index < -0.39 is 21.5 Å². The maximum Gasteiger partial charge on any atom is 0.290 e. The quantitative estimate of drug-likeness (QED) is 0.738. The summed E-state index contributed by atoms with van der Waals surface area (Å²) in [5.41, 5.74) is 1.84. The lowest BCUT2D eigenvalue weighted by Gasteiger charge is -2.27. The fourth-order valence-corrected chi connectivity index (χ4v) is 4.51. The number of hydrazine groups is 1. The lowest BCUT2D eigenvalue weighted by atomic mass is 9.92. The van der Waals surface area contributed by atoms with Gasteiger partial charge < -0.3 is 0 Å². The Morgan fingerprint density at radius 1 is 1.07 bits per heavy atom. The van der Waals surface area contributed by atoms with Gasteiger partial charge in [-0.2, -0.15) is 5.10 Å². The summed E-state index contributed by atoms with van der Waals surface area (Å²) >= 11 is 0. The molecule has 8 nitrogen and oxygen atoms in total. The summed E-state index contributed by atoms with van der Waals surface area (Å²) in [5.74, 6) is -1.66. The van der Waals surface area contributed by atoms with Crippen LogP contribution < -0.4 is 0 Å². The highest BCUT2D eigenvalue weighted by Gasteiger charge is 2.35. The third-order valence-corrected chi connectivity index (χ3v) is 6.73. The zero-order valence-electron chi connectivity index (χ0n) is 18.0. The summed E-state index contributed by atoms with van der Waals surface area (Å²) in [4.78, 5) is 26.0. The van der Waals surface area contributed by atoms with Gasteiger partial charge in [-0.15, -0.1) is 0 Å². The van der Waals surface area contributed by atoms with Gasteiger partial charge in [0.2, 0.25) is 0 Å². The van der Waals surface area contributed by atoms with Gasteiger partial charge in [0.05, 0.1) is 10.6 Å². The van der Waals surface area contributed by atoms with Crippen LogP contribution in [-0.2, 0) is 27.1 Å². The average Bonchev–Trinajstić information content (AvgIpc) is 3.27. The van der Waals surface area contributed by atoms with Gasteiger partial charge in [-0.1, -0.05) is 38.5 Å². The summed E-state index contributed by atoms with van der Waals surface area (Å²) in [5, 5.41) is 7.00. The Balaban J connectivity index is 1.80. The molecule has 0 bridgehead atoms. The van der Waals surface area contributed by atoms with Crippen molar-refractivity contribution in [2.75, 3.05) is 18.8 Å². The van der Waals surface area contributed by atoms with E-state index in [4.69, 9.17) is 0 Å². The Morgan fingerprint density at radius 3 is 2.23 bits per heavy atom. The van der Waals surface area contributed by atoms with E-state index in [2.05, 4.69) is 5.10 Å². The second-order valence-electron chi connectivity index (χ2n) is 8.66. The fraction of sp³-hybridized carbons (Fsp3) is 0.476. The molecule has 30 heavy (non-hydrogen) atoms. The minimum absolute atomic E-state index is 0.0972. The van der Waals surface area contributed by atoms with Gasteiger partial charge in [-0.05, 0) is 31.5 Å². The number of hydrogen-bond donors (Lipinski definition) is 0. The van der Waals surface area contributed by atoms with E-state index in [0.717, 1.165) is 11.3 Å². The number of benzene rings is 1. The number of amides is 2. The number of carbonyl (C=O) groups excluding carboxylic acids is 2. The van der Waals surface area contributed by atoms with Crippen LogP contribution in [0.3, 0.4) is 0 Å². The summed E-state index contributed by atoms with van der Waals surface area (Å²) in [7, 11) is -2.11. The molecule has 0 atom stereocenters. The third-order valence-electron chi connectivity index (χ3n) is 5.11. The van der Waals surface area contributed by atoms with Crippen molar-refractivity contribution in [3.05, 3.63) is 47.3 Å². The van der Waals surface area contributed by atoms with E-state index in [1.807, 2.05) is 27.7 Å². The Morgan fingerprint density at radius 2 is 1.67 bits per heavy atom. The number of aryl methyl sites for hydroxylation is 2. The molecule has 0 radical (unpaired) electrons. The molecule has 2 heterocycles. The highest BCUT2D eigenvalue weighted by atomic mass is 32.2. The van der Waals surface area contributed by atoms with Crippen LogP contribution in [0, 0.1) is 6.92 Å². The predicted molar refractivity (Wildman–Crippen MR) is 113 cm³/mol. The van der Waals surface area contributed by atoms with E-state index in [1.165, 1.54) is 26.8 Å². The number of carbonyl (C=O) groups is 2. The molecule has 1 aliphatic rings. The molecule has 2 aromatic rings. The number of sulfone groups is 1. The standard InChI is InChI=1S/C21H28N4O4S/c1-15-7-9-16(10-8-15)30(28,29)14-19(26)24-11-6-12-25(24)20(27)17-13-18(21(2,3)4)22-23(17)5/h7-10,13H,6,11-12,14H2,1-5H3. The van der Waals surface area contributed by atoms with Gasteiger partial charge in [-0.3, -0.25) is 19.3 Å². The van der Waals surface area contributed by atoms with E-state index >= 15 is 0 Å². The van der Waals surface area contributed by atoms with Gasteiger partial charge in [0.25, 0.3) is 11.8 Å². The number of rotatable bonds is 4. The first kappa shape index (κ1) is 22.0. The van der Waals surface area contributed by atoms with E-state index in [1.54, 1.807) is 25.2 Å². The smallest absolute Gasteiger partial charge is 0.272 e. The summed E-state index contributed by atoms with van der Waals surface area (Å²) in [6.07, 6.45) is 0.589. The number of hydrogen-bond acceptors (Lipinski definition) is 5. The lowest BCUT2D eigenvalue weighted by Crippen LogP contribution is -2.47. The van der Waals surface area contributed by atoms with Crippen molar-refractivity contribution in [2.45, 2.75) is 44.4 Å². The third kappa shape index (κ3) is 4.40. The molecular weight excluding hydrogens is 404 g/mol. The van der Waals surface area contributed by atoms with Gasteiger partial charge in [0, 0.05) is 25.6 Å². The summed E-state index contributed by atoms with van der Waals surface area (Å²) in [6, 6.07) is 8.10. The molecule has 1 saturated heterocycles. The van der Waals surface area contributed by atoms with Crippen molar-refractivity contribution in [1.29, 1.82) is 0 Å². The molecule has 2 amide bonds. The monoisotopic (exact) mass is 432 g/mol. The first-order chi connectivity index (χ1) is 13.9. The zero-order chi connectivity index (χ0) is 22.3. The van der Waals surface area contributed by atoms with Crippen LogP contribution in [0.2, 0.25) is 0 Å². The van der Waals surface area contributed by atoms with Crippen molar-refractivity contribution in [2.24, 2.45) is 7.05 Å². The molecule has 162 valence electrons. The molecule has 1 aliphatic heterocycles. The molecule has 1 fully saturated rings. The Labute approximate surface area is 177 Å². The molecule has 0 unspecified atom stereocenters. The lowest BCUT2D eigenvalue weighted by molar-refractivity contribution is -0.137. The fourth-order valence-electron chi connectivity index (χ4n) is 3.31. The molecule has 3 rings (SSSR count). The van der Waals surface area contributed by atoms with Crippen molar-refractivity contribution in [3.8, 4) is 0 Å². The maximum absolute atomic E-state index is 13.1. The Kier molecular flexibility index (Phi) is 5.77. The van der Waals surface area contributed by atoms with Gasteiger partial charge in [-0.25, -0.2) is 13.4 Å². The van der Waals surface area contributed by atoms with Crippen LogP contribution >= 0.6 is 0 Å². The normalized spacial score (nSPS) is 15.0. The number of aromatic nitrogens is 2. The zero-order valence-corrected chi connectivity index (χ0v) is 18.9. The Bertz CT molecular complexity index is 1070. The van der Waals surface area contributed by atoms with Gasteiger partial charge >= 0.3 is 0 Å². The molecule has 1 aromatic heterocycles. The van der Waals surface area contributed by atoms with Crippen LogP contribution in [0.1, 0.15) is 48.9 Å². The second kappa shape index (κ2) is 7.86. The number of nitrogens with zero attached hydrogens (tertiary/aromatic N) is 4. The van der Waals surface area contributed by atoms with Crippen molar-refractivity contribution >= 4 is 21.7 Å². The van der Waals surface area contributed by atoms with Crippen LogP contribution in [0.4, 0.5) is 0 Å². The van der Waals surface area contributed by atoms with Crippen molar-refractivity contribution < 1.29 is 18.0 Å². The van der Waals surface area contributed by atoms with Crippen molar-refractivity contribution in [3.63, 3.8) is 0 Å². The van der Waals surface area contributed by atoms with Crippen LogP contribution in [0.5, 0.6) is 0 Å². The second-order valence-corrected chi connectivity index (χ2v) is 10.6. The topological polar surface area (TPSA) is 92.6 Å². The molecule has 0 N–H and O–H groups in total. The molecule has 0 spiro atoms. The molecule has 0 saturated carbocycles. The minimum Gasteiger partial charge on any atom is -0.272 e. The highest BCUT2D eigenvalue weighted by Crippen LogP contribution is 2.23. The van der Waals surface area contributed by atoms with Gasteiger partial charge in [0.15, 0.2) is 9.84 Å². The van der Waals surface area contributed by atoms with E-state index in [0.29, 0.717) is 25.2 Å². The Hall–Kier alpha value is -2.68. The molecule has 9 heteroatoms. The summed E-state index contributed by atoms with van der Waals surface area (Å²) < 4.78 is 26.8. The van der Waals surface area contributed by atoms with E-state index in [9.17, 15) is 18.0 Å². The van der Waals surface area contributed by atoms with Crippen LogP contribution in [0.15, 0.2) is 35.2 Å².